The minimum atomic E-state index is 0.107. The van der Waals surface area contributed by atoms with Crippen LogP contribution in [0.25, 0.3) is 22.6 Å². The molecule has 20 heavy (non-hydrogen) atoms. The van der Waals surface area contributed by atoms with Crippen molar-refractivity contribution in [2.24, 2.45) is 0 Å². The molecule has 4 heteroatoms. The first-order valence-electron chi connectivity index (χ1n) is 6.52. The molecule has 4 nitrogen and oxygen atoms in total. The SMILES string of the molecule is OCCn1ccnc1-c1ccc(-c2ccccn2)cc1. The van der Waals surface area contributed by atoms with Gasteiger partial charge in [-0.15, -0.1) is 0 Å². The van der Waals surface area contributed by atoms with Crippen LogP contribution in [0.3, 0.4) is 0 Å². The van der Waals surface area contributed by atoms with E-state index < -0.39 is 0 Å². The Bertz CT molecular complexity index is 674. The minimum Gasteiger partial charge on any atom is -0.395 e. The highest BCUT2D eigenvalue weighted by atomic mass is 16.3. The molecule has 100 valence electrons. The summed E-state index contributed by atoms with van der Waals surface area (Å²) in [5.74, 6) is 0.867. The molecule has 3 rings (SSSR count). The van der Waals surface area contributed by atoms with Crippen molar-refractivity contribution in [3.63, 3.8) is 0 Å². The number of aliphatic hydroxyl groups is 1. The minimum absolute atomic E-state index is 0.107. The van der Waals surface area contributed by atoms with Crippen LogP contribution >= 0.6 is 0 Å². The third kappa shape index (κ3) is 2.46. The Hall–Kier alpha value is -2.46. The average molecular weight is 265 g/mol. The molecule has 0 saturated carbocycles. The summed E-state index contributed by atoms with van der Waals surface area (Å²) in [6, 6.07) is 14.0. The highest BCUT2D eigenvalue weighted by Gasteiger charge is 2.06. The van der Waals surface area contributed by atoms with E-state index in [1.54, 1.807) is 12.4 Å². The van der Waals surface area contributed by atoms with Gasteiger partial charge in [0.25, 0.3) is 0 Å². The monoisotopic (exact) mass is 265 g/mol. The van der Waals surface area contributed by atoms with Crippen LogP contribution in [0.4, 0.5) is 0 Å². The summed E-state index contributed by atoms with van der Waals surface area (Å²) in [4.78, 5) is 8.68. The molecule has 0 radical (unpaired) electrons. The lowest BCUT2D eigenvalue weighted by atomic mass is 10.1. The summed E-state index contributed by atoms with van der Waals surface area (Å²) in [7, 11) is 0. The van der Waals surface area contributed by atoms with E-state index >= 15 is 0 Å². The van der Waals surface area contributed by atoms with Gasteiger partial charge in [0.15, 0.2) is 0 Å². The Labute approximate surface area is 117 Å². The topological polar surface area (TPSA) is 50.9 Å². The fraction of sp³-hybridized carbons (Fsp3) is 0.125. The molecule has 2 heterocycles. The molecule has 3 aromatic rings. The molecule has 0 unspecified atom stereocenters. The smallest absolute Gasteiger partial charge is 0.139 e. The van der Waals surface area contributed by atoms with E-state index in [0.29, 0.717) is 6.54 Å². The Morgan fingerprint density at radius 1 is 0.900 bits per heavy atom. The van der Waals surface area contributed by atoms with E-state index in [4.69, 9.17) is 5.11 Å². The molecule has 0 fully saturated rings. The summed E-state index contributed by atoms with van der Waals surface area (Å²) >= 11 is 0. The van der Waals surface area contributed by atoms with Crippen LogP contribution in [0.2, 0.25) is 0 Å². The van der Waals surface area contributed by atoms with Gasteiger partial charge < -0.3 is 9.67 Å². The summed E-state index contributed by atoms with van der Waals surface area (Å²) in [6.45, 7) is 0.659. The first-order valence-corrected chi connectivity index (χ1v) is 6.52. The molecule has 0 saturated heterocycles. The molecule has 0 aliphatic heterocycles. The number of rotatable bonds is 4. The van der Waals surface area contributed by atoms with E-state index in [1.165, 1.54) is 0 Å². The molecule has 0 aliphatic rings. The molecular weight excluding hydrogens is 250 g/mol. The molecule has 0 atom stereocenters. The number of hydrogen-bond donors (Lipinski definition) is 1. The summed E-state index contributed by atoms with van der Waals surface area (Å²) in [6.07, 6.45) is 5.41. The quantitative estimate of drug-likeness (QED) is 0.789. The van der Waals surface area contributed by atoms with Crippen molar-refractivity contribution in [3.05, 3.63) is 61.1 Å². The fourth-order valence-corrected chi connectivity index (χ4v) is 2.18. The van der Waals surface area contributed by atoms with E-state index in [1.807, 2.05) is 53.2 Å². The van der Waals surface area contributed by atoms with E-state index in [9.17, 15) is 0 Å². The Balaban J connectivity index is 1.91. The van der Waals surface area contributed by atoms with Gasteiger partial charge in [-0.3, -0.25) is 4.98 Å². The lowest BCUT2D eigenvalue weighted by Gasteiger charge is -2.07. The lowest BCUT2D eigenvalue weighted by molar-refractivity contribution is 0.276. The normalized spacial score (nSPS) is 10.7. The molecule has 0 aliphatic carbocycles. The van der Waals surface area contributed by atoms with Gasteiger partial charge in [-0.1, -0.05) is 30.3 Å². The van der Waals surface area contributed by atoms with Crippen LogP contribution in [0.5, 0.6) is 0 Å². The summed E-state index contributed by atoms with van der Waals surface area (Å²) in [5, 5.41) is 9.05. The third-order valence-corrected chi connectivity index (χ3v) is 3.16. The van der Waals surface area contributed by atoms with Crippen molar-refractivity contribution in [2.45, 2.75) is 6.54 Å². The Kier molecular flexibility index (Phi) is 3.56. The van der Waals surface area contributed by atoms with Gasteiger partial charge in [-0.2, -0.15) is 0 Å². The third-order valence-electron chi connectivity index (χ3n) is 3.16. The molecule has 0 spiro atoms. The number of aromatic nitrogens is 3. The Morgan fingerprint density at radius 3 is 2.40 bits per heavy atom. The van der Waals surface area contributed by atoms with Gasteiger partial charge in [0.2, 0.25) is 0 Å². The molecule has 1 aromatic carbocycles. The largest absolute Gasteiger partial charge is 0.395 e. The molecule has 1 N–H and O–H groups in total. The highest BCUT2D eigenvalue weighted by Crippen LogP contribution is 2.22. The van der Waals surface area contributed by atoms with Gasteiger partial charge in [-0.05, 0) is 12.1 Å². The van der Waals surface area contributed by atoms with Crippen molar-refractivity contribution in [3.8, 4) is 22.6 Å². The van der Waals surface area contributed by atoms with E-state index in [0.717, 1.165) is 22.6 Å². The van der Waals surface area contributed by atoms with Crippen LogP contribution in [0.1, 0.15) is 0 Å². The van der Waals surface area contributed by atoms with E-state index in [2.05, 4.69) is 9.97 Å². The molecule has 0 bridgehead atoms. The predicted octanol–water partition coefficient (Wildman–Crippen LogP) is 2.60. The summed E-state index contributed by atoms with van der Waals surface area (Å²) < 4.78 is 1.94. The van der Waals surface area contributed by atoms with Gasteiger partial charge in [0.1, 0.15) is 5.82 Å². The lowest BCUT2D eigenvalue weighted by Crippen LogP contribution is -2.02. The van der Waals surface area contributed by atoms with Crippen molar-refractivity contribution < 1.29 is 5.11 Å². The van der Waals surface area contributed by atoms with Gasteiger partial charge in [-0.25, -0.2) is 4.98 Å². The first-order chi connectivity index (χ1) is 9.88. The maximum atomic E-state index is 9.05. The van der Waals surface area contributed by atoms with Crippen LogP contribution in [0.15, 0.2) is 61.1 Å². The van der Waals surface area contributed by atoms with Gasteiger partial charge in [0.05, 0.1) is 12.3 Å². The number of nitrogens with zero attached hydrogens (tertiary/aromatic N) is 3. The molecular formula is C16H15N3O. The number of benzene rings is 1. The van der Waals surface area contributed by atoms with E-state index in [-0.39, 0.29) is 6.61 Å². The van der Waals surface area contributed by atoms with Crippen LogP contribution < -0.4 is 0 Å². The highest BCUT2D eigenvalue weighted by molar-refractivity contribution is 5.65. The Morgan fingerprint density at radius 2 is 1.70 bits per heavy atom. The van der Waals surface area contributed by atoms with Crippen LogP contribution in [0, 0.1) is 0 Å². The predicted molar refractivity (Wildman–Crippen MR) is 78.0 cm³/mol. The zero-order valence-corrected chi connectivity index (χ0v) is 11.0. The summed E-state index contributed by atoms with van der Waals surface area (Å²) in [5.41, 5.74) is 3.07. The van der Waals surface area contributed by atoms with Crippen LogP contribution in [-0.4, -0.2) is 26.2 Å². The maximum absolute atomic E-state index is 9.05. The number of pyridine rings is 1. The first kappa shape index (κ1) is 12.6. The number of aliphatic hydroxyl groups excluding tert-OH is 1. The maximum Gasteiger partial charge on any atom is 0.139 e. The fourth-order valence-electron chi connectivity index (χ4n) is 2.18. The average Bonchev–Trinajstić information content (AvgIpc) is 2.97. The van der Waals surface area contributed by atoms with Crippen molar-refractivity contribution in [1.82, 2.24) is 14.5 Å². The number of imidazole rings is 1. The molecule has 2 aromatic heterocycles. The number of hydrogen-bond acceptors (Lipinski definition) is 3. The van der Waals surface area contributed by atoms with Gasteiger partial charge >= 0.3 is 0 Å². The van der Waals surface area contributed by atoms with Crippen molar-refractivity contribution in [2.75, 3.05) is 6.61 Å². The van der Waals surface area contributed by atoms with Crippen molar-refractivity contribution >= 4 is 0 Å². The van der Waals surface area contributed by atoms with Crippen molar-refractivity contribution in [1.29, 1.82) is 0 Å². The zero-order valence-electron chi connectivity index (χ0n) is 11.0. The second-order valence-corrected chi connectivity index (χ2v) is 4.46. The second kappa shape index (κ2) is 5.67. The van der Waals surface area contributed by atoms with Crippen LogP contribution in [-0.2, 0) is 6.54 Å². The molecule has 0 amide bonds. The zero-order chi connectivity index (χ0) is 13.8. The standard InChI is InChI=1S/C16H15N3O/c20-12-11-19-10-9-18-16(19)14-6-4-13(5-7-14)15-3-1-2-8-17-15/h1-10,20H,11-12H2. The second-order valence-electron chi connectivity index (χ2n) is 4.46. The van der Waals surface area contributed by atoms with Gasteiger partial charge in [0, 0.05) is 36.3 Å².